The van der Waals surface area contributed by atoms with E-state index in [1.165, 1.54) is 12.3 Å². The second kappa shape index (κ2) is 6.62. The van der Waals surface area contributed by atoms with E-state index in [-0.39, 0.29) is 5.90 Å². The SMILES string of the molecule is CN(C)/C=C/C(=N\c1ccccn1)OB(F)F. The molecule has 0 spiro atoms. The predicted molar refractivity (Wildman–Crippen MR) is 63.2 cm³/mol. The summed E-state index contributed by atoms with van der Waals surface area (Å²) >= 11 is 0. The molecule has 1 rings (SSSR count). The molecule has 0 amide bonds. The van der Waals surface area contributed by atoms with Gasteiger partial charge in [-0.3, -0.25) is 0 Å². The number of hydrogen-bond acceptors (Lipinski definition) is 4. The van der Waals surface area contributed by atoms with Gasteiger partial charge >= 0.3 is 7.47 Å². The van der Waals surface area contributed by atoms with Crippen molar-refractivity contribution in [2.45, 2.75) is 0 Å². The maximum atomic E-state index is 12.1. The Balaban J connectivity index is 2.86. The molecule has 0 bridgehead atoms. The third kappa shape index (κ3) is 5.65. The van der Waals surface area contributed by atoms with Crippen molar-refractivity contribution < 1.29 is 13.3 Å². The highest BCUT2D eigenvalue weighted by molar-refractivity contribution is 6.38. The summed E-state index contributed by atoms with van der Waals surface area (Å²) in [4.78, 5) is 9.44. The van der Waals surface area contributed by atoms with Crippen molar-refractivity contribution in [1.82, 2.24) is 9.88 Å². The quantitative estimate of drug-likeness (QED) is 0.458. The first-order valence-electron chi connectivity index (χ1n) is 4.87. The van der Waals surface area contributed by atoms with Crippen LogP contribution in [0.4, 0.5) is 14.4 Å². The number of halogens is 2. The molecule has 0 fully saturated rings. The van der Waals surface area contributed by atoms with Gasteiger partial charge in [0.15, 0.2) is 5.82 Å². The minimum absolute atomic E-state index is 0.188. The van der Waals surface area contributed by atoms with Crippen molar-refractivity contribution in [2.75, 3.05) is 14.1 Å². The van der Waals surface area contributed by atoms with E-state index in [9.17, 15) is 8.63 Å². The molecule has 0 aromatic carbocycles. The summed E-state index contributed by atoms with van der Waals surface area (Å²) in [5.41, 5.74) is 0. The number of aromatic nitrogens is 1. The number of nitrogens with zero attached hydrogens (tertiary/aromatic N) is 3. The first kappa shape index (κ1) is 13.2. The predicted octanol–water partition coefficient (Wildman–Crippen LogP) is 2.13. The van der Waals surface area contributed by atoms with E-state index in [0.29, 0.717) is 5.82 Å². The topological polar surface area (TPSA) is 37.7 Å². The van der Waals surface area contributed by atoms with Crippen molar-refractivity contribution >= 4 is 19.2 Å². The lowest BCUT2D eigenvalue weighted by atomic mass is 10.3. The molecule has 0 saturated carbocycles. The van der Waals surface area contributed by atoms with Crippen LogP contribution in [0.15, 0.2) is 41.7 Å². The monoisotopic (exact) mass is 239 g/mol. The summed E-state index contributed by atoms with van der Waals surface area (Å²) in [6, 6.07) is 5.02. The molecule has 17 heavy (non-hydrogen) atoms. The van der Waals surface area contributed by atoms with Gasteiger partial charge in [-0.15, -0.1) is 0 Å². The largest absolute Gasteiger partial charge is 0.797 e. The van der Waals surface area contributed by atoms with Crippen molar-refractivity contribution in [3.63, 3.8) is 0 Å². The highest BCUT2D eigenvalue weighted by atomic mass is 19.2. The highest BCUT2D eigenvalue weighted by Gasteiger charge is 2.19. The number of rotatable bonds is 4. The van der Waals surface area contributed by atoms with Crippen LogP contribution in [0.1, 0.15) is 0 Å². The minimum Gasteiger partial charge on any atom is -0.491 e. The van der Waals surface area contributed by atoms with Crippen molar-refractivity contribution in [2.24, 2.45) is 4.99 Å². The Bertz CT molecular complexity index is 396. The Morgan fingerprint density at radius 1 is 1.47 bits per heavy atom. The molecule has 1 aromatic heterocycles. The minimum atomic E-state index is -2.91. The lowest BCUT2D eigenvalue weighted by Gasteiger charge is -2.05. The van der Waals surface area contributed by atoms with E-state index in [0.717, 1.165) is 0 Å². The van der Waals surface area contributed by atoms with Crippen LogP contribution in [-0.2, 0) is 4.65 Å². The number of hydrogen-bond donors (Lipinski definition) is 0. The molecule has 0 unspecified atom stereocenters. The van der Waals surface area contributed by atoms with Crippen LogP contribution in [-0.4, -0.2) is 37.3 Å². The average molecular weight is 239 g/mol. The third-order valence-corrected chi connectivity index (χ3v) is 1.60. The van der Waals surface area contributed by atoms with E-state index in [1.54, 1.807) is 43.4 Å². The van der Waals surface area contributed by atoms with E-state index < -0.39 is 7.47 Å². The van der Waals surface area contributed by atoms with Crippen LogP contribution < -0.4 is 0 Å². The van der Waals surface area contributed by atoms with Gasteiger partial charge in [0.25, 0.3) is 0 Å². The molecule has 90 valence electrons. The van der Waals surface area contributed by atoms with Crippen LogP contribution in [0.5, 0.6) is 0 Å². The summed E-state index contributed by atoms with van der Waals surface area (Å²) in [7, 11) is 0.610. The summed E-state index contributed by atoms with van der Waals surface area (Å²) in [6.07, 6.45) is 4.43. The van der Waals surface area contributed by atoms with E-state index in [4.69, 9.17) is 0 Å². The lowest BCUT2D eigenvalue weighted by Crippen LogP contribution is -2.12. The summed E-state index contributed by atoms with van der Waals surface area (Å²) in [6.45, 7) is 0. The average Bonchev–Trinajstić information content (AvgIpc) is 2.26. The Labute approximate surface area is 98.8 Å². The van der Waals surface area contributed by atoms with Gasteiger partial charge in [0, 0.05) is 32.6 Å². The van der Waals surface area contributed by atoms with Crippen LogP contribution >= 0.6 is 0 Å². The van der Waals surface area contributed by atoms with Crippen molar-refractivity contribution in [3.05, 3.63) is 36.7 Å². The Morgan fingerprint density at radius 2 is 2.24 bits per heavy atom. The van der Waals surface area contributed by atoms with Crippen LogP contribution in [0, 0.1) is 0 Å². The van der Waals surface area contributed by atoms with Crippen LogP contribution in [0.2, 0.25) is 0 Å². The molecule has 0 aliphatic carbocycles. The van der Waals surface area contributed by atoms with Crippen molar-refractivity contribution in [1.29, 1.82) is 0 Å². The number of aliphatic imine (C=N–C) groups is 1. The smallest absolute Gasteiger partial charge is 0.491 e. The first-order chi connectivity index (χ1) is 8.08. The molecule has 1 aromatic rings. The molecular formula is C10H12BF2N3O. The molecule has 1 heterocycles. The molecule has 7 heteroatoms. The lowest BCUT2D eigenvalue weighted by molar-refractivity contribution is 0.421. The van der Waals surface area contributed by atoms with Gasteiger partial charge in [-0.2, -0.15) is 4.99 Å². The van der Waals surface area contributed by atoms with E-state index in [1.807, 2.05) is 0 Å². The molecule has 0 saturated heterocycles. The maximum absolute atomic E-state index is 12.1. The Kier molecular flexibility index (Phi) is 5.12. The molecule has 0 radical (unpaired) electrons. The van der Waals surface area contributed by atoms with Gasteiger partial charge in [0.05, 0.1) is 0 Å². The van der Waals surface area contributed by atoms with E-state index >= 15 is 0 Å². The maximum Gasteiger partial charge on any atom is 0.797 e. The molecule has 0 aliphatic rings. The van der Waals surface area contributed by atoms with Crippen molar-refractivity contribution in [3.8, 4) is 0 Å². The Hall–Kier alpha value is -1.92. The number of pyridine rings is 1. The summed E-state index contributed by atoms with van der Waals surface area (Å²) in [5.74, 6) is 0.124. The van der Waals surface area contributed by atoms with Gasteiger partial charge in [-0.25, -0.2) is 13.6 Å². The van der Waals surface area contributed by atoms with Crippen LogP contribution in [0.3, 0.4) is 0 Å². The molecule has 4 nitrogen and oxygen atoms in total. The second-order valence-electron chi connectivity index (χ2n) is 3.30. The van der Waals surface area contributed by atoms with Gasteiger partial charge in [-0.1, -0.05) is 6.07 Å². The second-order valence-corrected chi connectivity index (χ2v) is 3.30. The zero-order valence-electron chi connectivity index (χ0n) is 9.55. The normalized spacial score (nSPS) is 11.6. The molecule has 0 N–H and O–H groups in total. The summed E-state index contributed by atoms with van der Waals surface area (Å²) in [5, 5.41) is 0. The van der Waals surface area contributed by atoms with E-state index in [2.05, 4.69) is 14.6 Å². The zero-order chi connectivity index (χ0) is 12.7. The molecular weight excluding hydrogens is 227 g/mol. The van der Waals surface area contributed by atoms with Gasteiger partial charge in [0.1, 0.15) is 0 Å². The standard InChI is InChI=1S/C10H12BF2N3O/c1-16(2)8-6-10(17-11(12)13)15-9-5-3-4-7-14-9/h3-8H,1-2H3/b8-6+,15-10+. The fourth-order valence-electron chi connectivity index (χ4n) is 0.940. The zero-order valence-corrected chi connectivity index (χ0v) is 9.55. The van der Waals surface area contributed by atoms with Gasteiger partial charge < -0.3 is 9.55 Å². The summed E-state index contributed by atoms with van der Waals surface area (Å²) < 4.78 is 28.6. The highest BCUT2D eigenvalue weighted by Crippen LogP contribution is 2.07. The Morgan fingerprint density at radius 3 is 2.76 bits per heavy atom. The van der Waals surface area contributed by atoms with Crippen LogP contribution in [0.25, 0.3) is 0 Å². The fourth-order valence-corrected chi connectivity index (χ4v) is 0.940. The molecule has 0 aliphatic heterocycles. The first-order valence-corrected chi connectivity index (χ1v) is 4.87. The van der Waals surface area contributed by atoms with Gasteiger partial charge in [0.2, 0.25) is 5.90 Å². The van der Waals surface area contributed by atoms with Gasteiger partial charge in [-0.05, 0) is 12.1 Å². The molecule has 0 atom stereocenters. The third-order valence-electron chi connectivity index (χ3n) is 1.60. The fraction of sp³-hybridized carbons (Fsp3) is 0.200.